The van der Waals surface area contributed by atoms with E-state index < -0.39 is 6.10 Å². The van der Waals surface area contributed by atoms with Crippen LogP contribution in [0.5, 0.6) is 0 Å². The van der Waals surface area contributed by atoms with Crippen LogP contribution < -0.4 is 0 Å². The van der Waals surface area contributed by atoms with Crippen LogP contribution in [0, 0.1) is 0 Å². The fraction of sp³-hybridized carbons (Fsp3) is 0.0833. The van der Waals surface area contributed by atoms with Crippen molar-refractivity contribution in [3.63, 3.8) is 0 Å². The van der Waals surface area contributed by atoms with Crippen LogP contribution in [0.4, 0.5) is 0 Å². The Labute approximate surface area is 102 Å². The predicted octanol–water partition coefficient (Wildman–Crippen LogP) is 2.17. The Bertz CT molecular complexity index is 639. The lowest BCUT2D eigenvalue weighted by Gasteiger charge is -2.08. The van der Waals surface area contributed by atoms with Gasteiger partial charge < -0.3 is 5.11 Å². The first kappa shape index (κ1) is 10.3. The zero-order chi connectivity index (χ0) is 11.7. The molecule has 0 fully saturated rings. The molecule has 0 amide bonds. The Balaban J connectivity index is 2.06. The zero-order valence-electron chi connectivity index (χ0n) is 8.82. The van der Waals surface area contributed by atoms with Crippen LogP contribution in [0.15, 0.2) is 42.7 Å². The van der Waals surface area contributed by atoms with E-state index in [1.807, 2.05) is 30.3 Å². The molecule has 5 heteroatoms. The summed E-state index contributed by atoms with van der Waals surface area (Å²) in [5.41, 5.74) is 2.22. The molecule has 17 heavy (non-hydrogen) atoms. The molecule has 4 nitrogen and oxygen atoms in total. The van der Waals surface area contributed by atoms with E-state index in [1.165, 1.54) is 0 Å². The second-order valence-corrected chi connectivity index (χ2v) is 4.25. The minimum atomic E-state index is -0.736. The second kappa shape index (κ2) is 4.20. The summed E-state index contributed by atoms with van der Waals surface area (Å²) in [5.74, 6) is 0. The first-order valence-corrected chi connectivity index (χ1v) is 5.88. The summed E-state index contributed by atoms with van der Waals surface area (Å²) in [6.45, 7) is 0. The first-order valence-electron chi connectivity index (χ1n) is 5.15. The molecule has 0 aliphatic heterocycles. The van der Waals surface area contributed by atoms with Gasteiger partial charge in [0.15, 0.2) is 0 Å². The molecular weight excluding hydrogens is 234 g/mol. The van der Waals surface area contributed by atoms with Gasteiger partial charge in [0.25, 0.3) is 0 Å². The molecule has 0 aliphatic rings. The van der Waals surface area contributed by atoms with E-state index in [2.05, 4.69) is 13.7 Å². The predicted molar refractivity (Wildman–Crippen MR) is 65.7 cm³/mol. The molecule has 0 radical (unpaired) electrons. The zero-order valence-corrected chi connectivity index (χ0v) is 9.63. The number of pyridine rings is 1. The number of aliphatic hydroxyl groups excluding tert-OH is 1. The smallest absolute Gasteiger partial charge is 0.124 e. The van der Waals surface area contributed by atoms with Gasteiger partial charge in [0.1, 0.15) is 11.8 Å². The molecule has 0 aliphatic carbocycles. The highest BCUT2D eigenvalue weighted by atomic mass is 32.1. The normalized spacial score (nSPS) is 12.8. The molecule has 1 unspecified atom stereocenters. The van der Waals surface area contributed by atoms with Gasteiger partial charge in [0.2, 0.25) is 0 Å². The second-order valence-electron chi connectivity index (χ2n) is 3.69. The lowest BCUT2D eigenvalue weighted by molar-refractivity contribution is 0.216. The van der Waals surface area contributed by atoms with E-state index in [9.17, 15) is 5.11 Å². The minimum absolute atomic E-state index is 0.574. The van der Waals surface area contributed by atoms with Crippen LogP contribution in [0.2, 0.25) is 0 Å². The number of hydrogen-bond donors (Lipinski definition) is 1. The highest BCUT2D eigenvalue weighted by Gasteiger charge is 2.13. The van der Waals surface area contributed by atoms with Gasteiger partial charge in [0.05, 0.1) is 23.4 Å². The van der Waals surface area contributed by atoms with Crippen molar-refractivity contribution in [2.45, 2.75) is 6.10 Å². The number of aliphatic hydroxyl groups is 1. The summed E-state index contributed by atoms with van der Waals surface area (Å²) in [5, 5.41) is 11.2. The van der Waals surface area contributed by atoms with E-state index in [4.69, 9.17) is 0 Å². The lowest BCUT2D eigenvalue weighted by atomic mass is 10.0. The largest absolute Gasteiger partial charge is 0.382 e. The molecule has 3 aromatic rings. The van der Waals surface area contributed by atoms with Crippen molar-refractivity contribution in [2.24, 2.45) is 0 Å². The monoisotopic (exact) mass is 243 g/mol. The quantitative estimate of drug-likeness (QED) is 0.749. The summed E-state index contributed by atoms with van der Waals surface area (Å²) in [6, 6.07) is 9.58. The number of hydrogen-bond acceptors (Lipinski definition) is 5. The lowest BCUT2D eigenvalue weighted by Crippen LogP contribution is -1.99. The van der Waals surface area contributed by atoms with Gasteiger partial charge in [-0.05, 0) is 17.7 Å². The molecule has 0 spiro atoms. The van der Waals surface area contributed by atoms with E-state index in [0.717, 1.165) is 28.2 Å². The third-order valence-corrected chi connectivity index (χ3v) is 3.10. The van der Waals surface area contributed by atoms with Gasteiger partial charge in [0, 0.05) is 11.6 Å². The molecule has 84 valence electrons. The van der Waals surface area contributed by atoms with Gasteiger partial charge in [-0.2, -0.15) is 8.75 Å². The number of rotatable bonds is 2. The number of fused-ring (bicyclic) bond motifs is 1. The highest BCUT2D eigenvalue weighted by Crippen LogP contribution is 2.23. The Morgan fingerprint density at radius 1 is 1.24 bits per heavy atom. The SMILES string of the molecule is OC(c1ccc2cccnc2c1)c1cnsn1. The van der Waals surface area contributed by atoms with Gasteiger partial charge in [-0.3, -0.25) is 4.98 Å². The fourth-order valence-electron chi connectivity index (χ4n) is 1.72. The maximum Gasteiger partial charge on any atom is 0.124 e. The van der Waals surface area contributed by atoms with Gasteiger partial charge in [-0.25, -0.2) is 0 Å². The standard InChI is InChI=1S/C12H9N3OS/c16-12(11-7-14-17-15-11)9-4-3-8-2-1-5-13-10(8)6-9/h1-7,12,16H. The van der Waals surface area contributed by atoms with Crippen molar-refractivity contribution < 1.29 is 5.11 Å². The van der Waals surface area contributed by atoms with Crippen molar-refractivity contribution >= 4 is 22.6 Å². The van der Waals surface area contributed by atoms with Crippen LogP contribution >= 0.6 is 11.7 Å². The maximum atomic E-state index is 10.1. The van der Waals surface area contributed by atoms with Crippen molar-refractivity contribution in [3.05, 3.63) is 54.0 Å². The summed E-state index contributed by atoms with van der Waals surface area (Å²) in [6.07, 6.45) is 2.58. The average molecular weight is 243 g/mol. The number of benzene rings is 1. The maximum absolute atomic E-state index is 10.1. The molecule has 0 saturated heterocycles. The van der Waals surface area contributed by atoms with E-state index in [0.29, 0.717) is 5.69 Å². The van der Waals surface area contributed by atoms with Gasteiger partial charge in [-0.1, -0.05) is 18.2 Å². The van der Waals surface area contributed by atoms with Crippen LogP contribution in [0.1, 0.15) is 17.4 Å². The van der Waals surface area contributed by atoms with Crippen molar-refractivity contribution in [1.82, 2.24) is 13.7 Å². The molecule has 0 saturated carbocycles. The Hall–Kier alpha value is -1.85. The third kappa shape index (κ3) is 1.90. The average Bonchev–Trinajstić information content (AvgIpc) is 2.91. The van der Waals surface area contributed by atoms with E-state index in [-0.39, 0.29) is 0 Å². The van der Waals surface area contributed by atoms with E-state index in [1.54, 1.807) is 12.4 Å². The molecule has 2 heterocycles. The summed E-state index contributed by atoms with van der Waals surface area (Å²) >= 11 is 1.09. The molecule has 1 aromatic carbocycles. The fourth-order valence-corrected chi connectivity index (χ4v) is 2.16. The van der Waals surface area contributed by atoms with Crippen molar-refractivity contribution in [1.29, 1.82) is 0 Å². The molecule has 1 atom stereocenters. The molecule has 2 aromatic heterocycles. The van der Waals surface area contributed by atoms with Crippen LogP contribution in [0.3, 0.4) is 0 Å². The van der Waals surface area contributed by atoms with Gasteiger partial charge in [-0.15, -0.1) is 0 Å². The molecular formula is C12H9N3OS. The van der Waals surface area contributed by atoms with Crippen molar-refractivity contribution in [3.8, 4) is 0 Å². The number of nitrogens with zero attached hydrogens (tertiary/aromatic N) is 3. The van der Waals surface area contributed by atoms with Gasteiger partial charge >= 0.3 is 0 Å². The number of aromatic nitrogens is 3. The van der Waals surface area contributed by atoms with Crippen LogP contribution in [0.25, 0.3) is 10.9 Å². The minimum Gasteiger partial charge on any atom is -0.382 e. The van der Waals surface area contributed by atoms with Crippen LogP contribution in [-0.4, -0.2) is 18.8 Å². The molecule has 1 N–H and O–H groups in total. The Kier molecular flexibility index (Phi) is 2.55. The topological polar surface area (TPSA) is 58.9 Å². The Morgan fingerprint density at radius 2 is 2.18 bits per heavy atom. The summed E-state index contributed by atoms with van der Waals surface area (Å²) in [7, 11) is 0. The third-order valence-electron chi connectivity index (χ3n) is 2.60. The Morgan fingerprint density at radius 3 is 3.00 bits per heavy atom. The highest BCUT2D eigenvalue weighted by molar-refractivity contribution is 6.99. The van der Waals surface area contributed by atoms with E-state index >= 15 is 0 Å². The summed E-state index contributed by atoms with van der Waals surface area (Å²) in [4.78, 5) is 4.26. The van der Waals surface area contributed by atoms with Crippen LogP contribution in [-0.2, 0) is 0 Å². The molecule has 0 bridgehead atoms. The van der Waals surface area contributed by atoms with Crippen molar-refractivity contribution in [2.75, 3.05) is 0 Å². The first-order chi connectivity index (χ1) is 8.34. The summed E-state index contributed by atoms with van der Waals surface area (Å²) < 4.78 is 7.92. The molecule has 3 rings (SSSR count).